The summed E-state index contributed by atoms with van der Waals surface area (Å²) in [4.78, 5) is 0. The highest BCUT2D eigenvalue weighted by atomic mass is 32.2. The van der Waals surface area contributed by atoms with Crippen LogP contribution in [-0.4, -0.2) is 22.3 Å². The average Bonchev–Trinajstić information content (AvgIpc) is 2.49. The van der Waals surface area contributed by atoms with Gasteiger partial charge in [-0.3, -0.25) is 4.21 Å². The third kappa shape index (κ3) is 4.18. The van der Waals surface area contributed by atoms with Gasteiger partial charge in [-0.05, 0) is 32.9 Å². The molecule has 0 aliphatic rings. The van der Waals surface area contributed by atoms with Crippen molar-refractivity contribution in [3.63, 3.8) is 0 Å². The van der Waals surface area contributed by atoms with E-state index >= 15 is 0 Å². The van der Waals surface area contributed by atoms with E-state index in [0.29, 0.717) is 5.75 Å². The second kappa shape index (κ2) is 5.47. The maximum absolute atomic E-state index is 11.0. The molecule has 0 aliphatic heterocycles. The molecule has 0 saturated heterocycles. The van der Waals surface area contributed by atoms with Gasteiger partial charge in [-0.25, -0.2) is 0 Å². The first kappa shape index (κ1) is 12.5. The van der Waals surface area contributed by atoms with Crippen LogP contribution in [0.3, 0.4) is 0 Å². The number of nitrogens with one attached hydrogen (secondary N) is 1. The molecule has 4 heteroatoms. The van der Waals surface area contributed by atoms with E-state index in [1.54, 1.807) is 6.26 Å². The Kier molecular flexibility index (Phi) is 4.54. The highest BCUT2D eigenvalue weighted by Gasteiger charge is 2.13. The molecule has 0 fully saturated rings. The van der Waals surface area contributed by atoms with Crippen molar-refractivity contribution >= 4 is 10.8 Å². The fraction of sp³-hybridized carbons (Fsp3) is 0.636. The van der Waals surface area contributed by atoms with E-state index in [1.807, 2.05) is 32.9 Å². The van der Waals surface area contributed by atoms with E-state index in [0.717, 1.165) is 11.5 Å². The van der Waals surface area contributed by atoms with Gasteiger partial charge >= 0.3 is 0 Å². The zero-order valence-electron chi connectivity index (χ0n) is 9.74. The maximum atomic E-state index is 11.0. The van der Waals surface area contributed by atoms with Gasteiger partial charge in [0.1, 0.15) is 11.5 Å². The number of aryl methyl sites for hydroxylation is 1. The molecule has 0 aromatic carbocycles. The highest BCUT2D eigenvalue weighted by molar-refractivity contribution is 7.84. The van der Waals surface area contributed by atoms with Crippen LogP contribution in [0.15, 0.2) is 16.5 Å². The maximum Gasteiger partial charge on any atom is 0.120 e. The summed E-state index contributed by atoms with van der Waals surface area (Å²) in [6.45, 7) is 6.02. The lowest BCUT2D eigenvalue weighted by Gasteiger charge is -2.17. The van der Waals surface area contributed by atoms with Gasteiger partial charge < -0.3 is 9.73 Å². The van der Waals surface area contributed by atoms with Gasteiger partial charge in [-0.15, -0.1) is 0 Å². The molecule has 3 atom stereocenters. The molecule has 1 rings (SSSR count). The molecule has 1 aromatic heterocycles. The van der Waals surface area contributed by atoms with Crippen LogP contribution in [0.2, 0.25) is 0 Å². The smallest absolute Gasteiger partial charge is 0.120 e. The van der Waals surface area contributed by atoms with Crippen LogP contribution < -0.4 is 5.32 Å². The zero-order chi connectivity index (χ0) is 11.4. The summed E-state index contributed by atoms with van der Waals surface area (Å²) >= 11 is 0. The predicted molar refractivity (Wildman–Crippen MR) is 63.4 cm³/mol. The standard InChI is InChI=1S/C11H19NO2S/c1-8(7-15(4)13)12-10(3)11-6-5-9(2)14-11/h5-6,8,10,12H,7H2,1-4H3. The molecule has 0 saturated carbocycles. The molecule has 3 nitrogen and oxygen atoms in total. The Bertz CT molecular complexity index is 335. The third-order valence-electron chi connectivity index (χ3n) is 2.21. The van der Waals surface area contributed by atoms with E-state index in [9.17, 15) is 4.21 Å². The minimum Gasteiger partial charge on any atom is -0.465 e. The first-order chi connectivity index (χ1) is 6.99. The summed E-state index contributed by atoms with van der Waals surface area (Å²) in [5.74, 6) is 2.52. The predicted octanol–water partition coefficient (Wildman–Crippen LogP) is 2.01. The monoisotopic (exact) mass is 229 g/mol. The zero-order valence-corrected chi connectivity index (χ0v) is 10.6. The summed E-state index contributed by atoms with van der Waals surface area (Å²) < 4.78 is 16.5. The fourth-order valence-corrected chi connectivity index (χ4v) is 2.40. The van der Waals surface area contributed by atoms with Crippen molar-refractivity contribution in [2.24, 2.45) is 0 Å². The minimum atomic E-state index is -0.756. The normalized spacial score (nSPS) is 17.3. The van der Waals surface area contributed by atoms with Crippen molar-refractivity contribution in [2.45, 2.75) is 32.9 Å². The molecule has 1 heterocycles. The molecule has 0 aliphatic carbocycles. The summed E-state index contributed by atoms with van der Waals surface area (Å²) in [5.41, 5.74) is 0. The van der Waals surface area contributed by atoms with Crippen LogP contribution in [0.1, 0.15) is 31.4 Å². The molecule has 0 spiro atoms. The largest absolute Gasteiger partial charge is 0.465 e. The Labute approximate surface area is 93.7 Å². The lowest BCUT2D eigenvalue weighted by molar-refractivity contribution is 0.398. The van der Waals surface area contributed by atoms with Crippen LogP contribution in [0.4, 0.5) is 0 Å². The van der Waals surface area contributed by atoms with Crippen molar-refractivity contribution in [2.75, 3.05) is 12.0 Å². The van der Waals surface area contributed by atoms with Crippen molar-refractivity contribution in [3.8, 4) is 0 Å². The molecule has 1 N–H and O–H groups in total. The minimum absolute atomic E-state index is 0.164. The molecule has 1 aromatic rings. The molecule has 3 unspecified atom stereocenters. The van der Waals surface area contributed by atoms with Gasteiger partial charge in [-0.2, -0.15) is 0 Å². The highest BCUT2D eigenvalue weighted by Crippen LogP contribution is 2.15. The summed E-state index contributed by atoms with van der Waals surface area (Å²) in [7, 11) is -0.756. The van der Waals surface area contributed by atoms with Gasteiger partial charge in [0.15, 0.2) is 0 Å². The fourth-order valence-electron chi connectivity index (χ4n) is 1.60. The number of hydrogen-bond donors (Lipinski definition) is 1. The quantitative estimate of drug-likeness (QED) is 0.839. The molecular formula is C11H19NO2S. The van der Waals surface area contributed by atoms with E-state index in [-0.39, 0.29) is 12.1 Å². The van der Waals surface area contributed by atoms with E-state index < -0.39 is 10.8 Å². The van der Waals surface area contributed by atoms with Crippen LogP contribution >= 0.6 is 0 Å². The topological polar surface area (TPSA) is 42.2 Å². The van der Waals surface area contributed by atoms with Crippen LogP contribution in [0.5, 0.6) is 0 Å². The molecule has 0 bridgehead atoms. The van der Waals surface area contributed by atoms with Gasteiger partial charge in [0.25, 0.3) is 0 Å². The number of furan rings is 1. The van der Waals surface area contributed by atoms with E-state index in [4.69, 9.17) is 4.42 Å². The van der Waals surface area contributed by atoms with Crippen LogP contribution in [-0.2, 0) is 10.8 Å². The Balaban J connectivity index is 2.48. The first-order valence-electron chi connectivity index (χ1n) is 5.11. The Hall–Kier alpha value is -0.610. The van der Waals surface area contributed by atoms with Crippen molar-refractivity contribution in [3.05, 3.63) is 23.7 Å². The summed E-state index contributed by atoms with van der Waals surface area (Å²) in [6.07, 6.45) is 1.72. The lowest BCUT2D eigenvalue weighted by atomic mass is 10.2. The van der Waals surface area contributed by atoms with Crippen LogP contribution in [0, 0.1) is 6.92 Å². The van der Waals surface area contributed by atoms with Gasteiger partial charge in [0, 0.05) is 28.9 Å². The molecule has 15 heavy (non-hydrogen) atoms. The van der Waals surface area contributed by atoms with Crippen molar-refractivity contribution in [1.82, 2.24) is 5.32 Å². The first-order valence-corrected chi connectivity index (χ1v) is 6.84. The molecule has 0 amide bonds. The number of hydrogen-bond acceptors (Lipinski definition) is 3. The van der Waals surface area contributed by atoms with Crippen LogP contribution in [0.25, 0.3) is 0 Å². The van der Waals surface area contributed by atoms with Gasteiger partial charge in [0.05, 0.1) is 6.04 Å². The third-order valence-corrected chi connectivity index (χ3v) is 3.18. The van der Waals surface area contributed by atoms with Gasteiger partial charge in [0.2, 0.25) is 0 Å². The average molecular weight is 229 g/mol. The summed E-state index contributed by atoms with van der Waals surface area (Å²) in [5, 5.41) is 3.35. The summed E-state index contributed by atoms with van der Waals surface area (Å²) in [6, 6.07) is 4.33. The second-order valence-electron chi connectivity index (χ2n) is 3.98. The second-order valence-corrected chi connectivity index (χ2v) is 5.46. The van der Waals surface area contributed by atoms with E-state index in [1.165, 1.54) is 0 Å². The lowest BCUT2D eigenvalue weighted by Crippen LogP contribution is -2.33. The molecule has 0 radical (unpaired) electrons. The SMILES string of the molecule is Cc1ccc(C(C)NC(C)CS(C)=O)o1. The Morgan fingerprint density at radius 2 is 2.13 bits per heavy atom. The molecule has 86 valence electrons. The number of rotatable bonds is 5. The molecular weight excluding hydrogens is 210 g/mol. The Morgan fingerprint density at radius 3 is 2.60 bits per heavy atom. The van der Waals surface area contributed by atoms with Gasteiger partial charge in [-0.1, -0.05) is 0 Å². The van der Waals surface area contributed by atoms with E-state index in [2.05, 4.69) is 5.32 Å². The Morgan fingerprint density at radius 1 is 1.47 bits per heavy atom. The van der Waals surface area contributed by atoms with Crippen molar-refractivity contribution in [1.29, 1.82) is 0 Å². The van der Waals surface area contributed by atoms with Crippen molar-refractivity contribution < 1.29 is 8.63 Å².